The fourth-order valence-electron chi connectivity index (χ4n) is 16.2. The average molecular weight is 1140 g/mol. The SMILES string of the molecule is [3H][C@@H]1O[C@@H]2[C@@]3(OC(C)(C)C)C[C@H]3C[C@]2(OC(C)(C)C)[C@@H]1F.[3H][C@@H]1O[C@@H]2[C@@]3(OC(C)(C)C)C[C@H]3C[C@]2(OC(C)(C)C)[C@H]1F.[3H][C@H]1C[C@@]2(OC(C)(C)C)C[C@@H]3C[C@]3(OC(C)(C)C)[C@H]2O1.[3H][C@H]1C[C@@]2(OC(C)(C)C)C[C@]3(F)C[C@]3(OC(C)(C)C)[C@H]2O1. The molecule has 15 heteroatoms. The van der Waals surface area contributed by atoms with E-state index in [9.17, 15) is 8.78 Å². The summed E-state index contributed by atoms with van der Waals surface area (Å²) >= 11 is 0. The lowest BCUT2D eigenvalue weighted by molar-refractivity contribution is -0.203. The average Bonchev–Trinajstić information content (AvgIpc) is 1.57. The Bertz CT molecular complexity index is 2330. The van der Waals surface area contributed by atoms with Crippen LogP contribution >= 0.6 is 0 Å². The van der Waals surface area contributed by atoms with Crippen molar-refractivity contribution in [1.29, 1.82) is 0 Å². The van der Waals surface area contributed by atoms with Crippen molar-refractivity contribution in [2.45, 2.75) is 362 Å². The van der Waals surface area contributed by atoms with Crippen molar-refractivity contribution in [1.82, 2.24) is 0 Å². The lowest BCUT2D eigenvalue weighted by Gasteiger charge is -2.40. The van der Waals surface area contributed by atoms with Crippen molar-refractivity contribution in [3.8, 4) is 0 Å². The van der Waals surface area contributed by atoms with Crippen molar-refractivity contribution in [3.63, 3.8) is 0 Å². The number of hydrogen-bond donors (Lipinski definition) is 0. The van der Waals surface area contributed by atoms with Gasteiger partial charge >= 0.3 is 0 Å². The van der Waals surface area contributed by atoms with Gasteiger partial charge in [-0.3, -0.25) is 0 Å². The van der Waals surface area contributed by atoms with Gasteiger partial charge in [0.2, 0.25) is 0 Å². The summed E-state index contributed by atoms with van der Waals surface area (Å²) in [4.78, 5) is 0. The molecule has 0 aromatic carbocycles. The topological polar surface area (TPSA) is 111 Å². The van der Waals surface area contributed by atoms with Gasteiger partial charge < -0.3 is 56.8 Å². The quantitative estimate of drug-likeness (QED) is 0.231. The zero-order valence-corrected chi connectivity index (χ0v) is 53.1. The van der Waals surface area contributed by atoms with Gasteiger partial charge in [-0.25, -0.2) is 13.2 Å². The van der Waals surface area contributed by atoms with E-state index in [0.29, 0.717) is 38.0 Å². The maximum Gasteiger partial charge on any atom is 0.155 e. The second kappa shape index (κ2) is 18.9. The summed E-state index contributed by atoms with van der Waals surface area (Å²) < 4.78 is 149. The first-order valence-electron chi connectivity index (χ1n) is 32.3. The maximum atomic E-state index is 15.2. The zero-order valence-electron chi connectivity index (χ0n) is 57.1. The molecule has 12 rings (SSSR count). The van der Waals surface area contributed by atoms with Crippen molar-refractivity contribution in [3.05, 3.63) is 0 Å². The molecule has 8 saturated carbocycles. The van der Waals surface area contributed by atoms with E-state index in [2.05, 4.69) is 41.5 Å². The molecule has 12 fully saturated rings. The van der Waals surface area contributed by atoms with Crippen LogP contribution in [0.2, 0.25) is 0 Å². The fourth-order valence-corrected chi connectivity index (χ4v) is 16.2. The lowest BCUT2D eigenvalue weighted by Crippen LogP contribution is -2.54. The van der Waals surface area contributed by atoms with Crippen LogP contribution in [0, 0.1) is 17.8 Å². The standard InChI is InChI=1S/3C16H27FO3.C16H28O3/c2*1-13(2,3)19-15-7-10(15)8-16(20-14(4,5)6)11(17)9-18-12(15)16;1-12(2,3)19-14-7-8-18-11(14)16(20-13(4,5)6)10-15(16,17)9-14;1-13(2,3)18-15-7-8-17-12(15)16(10-11(16)9-15)19-14(4,5)6/h2*10-12H,7-9H2,1-6H3;11H,7-10H2,1-6H3;11-12H,7-10H2,1-6H3/t10-,11+,12+,15+,16-;10-,11-,12+,15+,16-;11-,14+,15-,16-;11-,12+,15-,16-/m0001/s1/i2*9T;2*8T/t9-,10-,11+,12+,15+,16-;9-,10-,11-,12+,15+,16-;8-,11-,14+,15-,16-;8-,11+,12-,15+,16+/m0000. The summed E-state index contributed by atoms with van der Waals surface area (Å²) in [5, 5.41) is 0. The Balaban J connectivity index is 0.000000133. The molecule has 0 spiro atoms. The van der Waals surface area contributed by atoms with Crippen molar-refractivity contribution < 1.29 is 75.5 Å². The summed E-state index contributed by atoms with van der Waals surface area (Å²) in [6, 6.07) is 0. The second-order valence-electron chi connectivity index (χ2n) is 34.0. The number of fused-ring (bicyclic) bond motifs is 12. The Morgan fingerprint density at radius 1 is 0.354 bits per heavy atom. The molecule has 4 saturated heterocycles. The highest BCUT2D eigenvalue weighted by Gasteiger charge is 2.87. The van der Waals surface area contributed by atoms with Crippen LogP contribution < -0.4 is 0 Å². The molecule has 0 aromatic heterocycles. The second-order valence-corrected chi connectivity index (χ2v) is 34.0. The Morgan fingerprint density at radius 2 is 0.658 bits per heavy atom. The molecule has 12 nitrogen and oxygen atoms in total. The molecular weight excluding hydrogens is 1020 g/mol. The molecule has 0 unspecified atom stereocenters. The van der Waals surface area contributed by atoms with E-state index in [1.165, 1.54) is 0 Å². The fraction of sp³-hybridized carbons (Fsp3) is 1.00. The van der Waals surface area contributed by atoms with Gasteiger partial charge in [-0.1, -0.05) is 0 Å². The van der Waals surface area contributed by atoms with Crippen LogP contribution in [0.15, 0.2) is 0 Å². The predicted molar refractivity (Wildman–Crippen MR) is 298 cm³/mol. The summed E-state index contributed by atoms with van der Waals surface area (Å²) in [5.41, 5.74) is -9.41. The Kier molecular flexibility index (Phi) is 13.7. The van der Waals surface area contributed by atoms with Crippen molar-refractivity contribution in [2.75, 3.05) is 26.3 Å². The first kappa shape index (κ1) is 57.4. The highest BCUT2D eigenvalue weighted by atomic mass is 19.1. The van der Waals surface area contributed by atoms with Gasteiger partial charge in [0.1, 0.15) is 74.9 Å². The number of rotatable bonds is 8. The molecule has 4 heterocycles. The predicted octanol–water partition coefficient (Wildman–Crippen LogP) is 13.2. The Labute approximate surface area is 480 Å². The van der Waals surface area contributed by atoms with Crippen LogP contribution in [0.1, 0.15) is 236 Å². The van der Waals surface area contributed by atoms with Crippen LogP contribution in [0.3, 0.4) is 0 Å². The van der Waals surface area contributed by atoms with Crippen LogP contribution in [-0.4, -0.2) is 158 Å². The monoisotopic (exact) mass is 1130 g/mol. The first-order chi connectivity index (χ1) is 37.1. The lowest BCUT2D eigenvalue weighted by atomic mass is 9.89. The highest BCUT2D eigenvalue weighted by Crippen LogP contribution is 2.73. The highest BCUT2D eigenvalue weighted by molar-refractivity contribution is 5.37. The maximum absolute atomic E-state index is 15.2. The van der Waals surface area contributed by atoms with Gasteiger partial charge in [0, 0.05) is 25.7 Å². The van der Waals surface area contributed by atoms with Gasteiger partial charge in [0.15, 0.2) is 12.3 Å². The molecule has 4 aliphatic heterocycles. The largest absolute Gasteiger partial charge is 0.372 e. The minimum atomic E-state index is -1.42. The summed E-state index contributed by atoms with van der Waals surface area (Å²) in [6.07, 6.45) is 2.28. The molecular formula is C64H109F3O12. The summed E-state index contributed by atoms with van der Waals surface area (Å²) in [7, 11) is 0. The third-order valence-corrected chi connectivity index (χ3v) is 17.3. The molecule has 0 bridgehead atoms. The van der Waals surface area contributed by atoms with Gasteiger partial charge in [0.05, 0.1) is 76.6 Å². The molecule has 0 amide bonds. The van der Waals surface area contributed by atoms with Crippen LogP contribution in [0.25, 0.3) is 0 Å². The van der Waals surface area contributed by atoms with Crippen LogP contribution in [-0.2, 0) is 56.8 Å². The molecule has 79 heavy (non-hydrogen) atoms. The third kappa shape index (κ3) is 11.9. The number of hydrogen-bond acceptors (Lipinski definition) is 12. The Hall–Kier alpha value is -0.690. The van der Waals surface area contributed by atoms with Gasteiger partial charge in [-0.2, -0.15) is 0 Å². The molecule has 8 aliphatic carbocycles. The summed E-state index contributed by atoms with van der Waals surface area (Å²) in [6.45, 7) is 44.2. The number of halogens is 3. The normalized spacial score (nSPS) is 51.2. The van der Waals surface area contributed by atoms with Gasteiger partial charge in [-0.05, 0) is 222 Å². The van der Waals surface area contributed by atoms with E-state index in [1.807, 2.05) is 125 Å². The molecule has 0 aromatic rings. The minimum Gasteiger partial charge on any atom is -0.372 e. The molecule has 22 atom stereocenters. The molecule has 0 radical (unpaired) electrons. The van der Waals surface area contributed by atoms with E-state index in [-0.39, 0.29) is 58.0 Å². The molecule has 0 N–H and O–H groups in total. The van der Waals surface area contributed by atoms with Crippen LogP contribution in [0.5, 0.6) is 0 Å². The van der Waals surface area contributed by atoms with E-state index in [1.54, 1.807) is 0 Å². The van der Waals surface area contributed by atoms with Crippen molar-refractivity contribution >= 4 is 0 Å². The van der Waals surface area contributed by atoms with Gasteiger partial charge in [0.25, 0.3) is 0 Å². The van der Waals surface area contributed by atoms with E-state index < -0.39 is 119 Å². The Morgan fingerprint density at radius 3 is 1.04 bits per heavy atom. The van der Waals surface area contributed by atoms with E-state index >= 15 is 4.39 Å². The molecule has 458 valence electrons. The first-order valence-corrected chi connectivity index (χ1v) is 30.0. The number of ether oxygens (including phenoxy) is 12. The zero-order chi connectivity index (χ0) is 62.6. The summed E-state index contributed by atoms with van der Waals surface area (Å²) in [5.74, 6) is 1.08. The van der Waals surface area contributed by atoms with Gasteiger partial charge in [-0.15, -0.1) is 0 Å². The number of alkyl halides is 3. The van der Waals surface area contributed by atoms with E-state index in [4.69, 9.17) is 62.3 Å². The third-order valence-electron chi connectivity index (χ3n) is 17.3. The minimum absolute atomic E-state index is 0.0825. The molecule has 12 aliphatic rings. The van der Waals surface area contributed by atoms with E-state index in [0.717, 1.165) is 25.7 Å². The van der Waals surface area contributed by atoms with Crippen molar-refractivity contribution in [2.24, 2.45) is 17.8 Å². The smallest absolute Gasteiger partial charge is 0.155 e. The van der Waals surface area contributed by atoms with Crippen LogP contribution in [0.4, 0.5) is 13.2 Å².